The molecule has 0 aliphatic heterocycles. The Bertz CT molecular complexity index is 839. The van der Waals surface area contributed by atoms with Gasteiger partial charge in [-0.05, 0) is 30.0 Å². The van der Waals surface area contributed by atoms with Crippen LogP contribution in [0.4, 0.5) is 0 Å². The number of carbonyl (C=O) groups is 1. The molecule has 0 saturated heterocycles. The quantitative estimate of drug-likeness (QED) is 0.373. The average Bonchev–Trinajstić information content (AvgIpc) is 2.67. The van der Waals surface area contributed by atoms with Gasteiger partial charge in [-0.2, -0.15) is 0 Å². The van der Waals surface area contributed by atoms with Gasteiger partial charge in [-0.25, -0.2) is 8.42 Å². The third kappa shape index (κ3) is 6.15. The highest BCUT2D eigenvalue weighted by Gasteiger charge is 2.16. The lowest BCUT2D eigenvalue weighted by molar-refractivity contribution is -0.140. The lowest BCUT2D eigenvalue weighted by Crippen LogP contribution is -2.09. The van der Waals surface area contributed by atoms with Crippen LogP contribution in [0.25, 0.3) is 12.2 Å². The van der Waals surface area contributed by atoms with Crippen LogP contribution in [0.1, 0.15) is 36.8 Å². The van der Waals surface area contributed by atoms with E-state index >= 15 is 0 Å². The van der Waals surface area contributed by atoms with Gasteiger partial charge in [0.2, 0.25) is 0 Å². The summed E-state index contributed by atoms with van der Waals surface area (Å²) in [4.78, 5) is 11.4. The summed E-state index contributed by atoms with van der Waals surface area (Å²) in [5, 5.41) is 0. The average molecular weight is 372 g/mol. The zero-order valence-corrected chi connectivity index (χ0v) is 15.7. The lowest BCUT2D eigenvalue weighted by Gasteiger charge is -2.08. The SMILES string of the molecule is COC(=O)CCCCCS(=O)(=O)c1ccccc1/C=C/c1ccccc1. The predicted octanol–water partition coefficient (Wildman–Crippen LogP) is 4.36. The number of hydrogen-bond donors (Lipinski definition) is 0. The van der Waals surface area contributed by atoms with Crippen LogP contribution >= 0.6 is 0 Å². The molecule has 0 heterocycles. The van der Waals surface area contributed by atoms with Gasteiger partial charge in [0.25, 0.3) is 0 Å². The van der Waals surface area contributed by atoms with E-state index in [9.17, 15) is 13.2 Å². The van der Waals surface area contributed by atoms with Crippen molar-refractivity contribution in [3.8, 4) is 0 Å². The number of benzene rings is 2. The molecule has 0 saturated carbocycles. The summed E-state index contributed by atoms with van der Waals surface area (Å²) < 4.78 is 30.0. The van der Waals surface area contributed by atoms with Crippen molar-refractivity contribution < 1.29 is 17.9 Å². The second-order valence-electron chi connectivity index (χ2n) is 5.99. The minimum absolute atomic E-state index is 0.0738. The van der Waals surface area contributed by atoms with E-state index in [1.54, 1.807) is 12.1 Å². The van der Waals surface area contributed by atoms with E-state index in [4.69, 9.17) is 0 Å². The Morgan fingerprint density at radius 2 is 1.62 bits per heavy atom. The van der Waals surface area contributed by atoms with E-state index < -0.39 is 9.84 Å². The first kappa shape index (κ1) is 19.9. The molecule has 0 aliphatic carbocycles. The summed E-state index contributed by atoms with van der Waals surface area (Å²) in [5.41, 5.74) is 1.70. The number of esters is 1. The molecule has 0 bridgehead atoms. The van der Waals surface area contributed by atoms with E-state index in [1.165, 1.54) is 7.11 Å². The van der Waals surface area contributed by atoms with Crippen LogP contribution in [0.3, 0.4) is 0 Å². The van der Waals surface area contributed by atoms with Crippen molar-refractivity contribution in [1.82, 2.24) is 0 Å². The first-order valence-corrected chi connectivity index (χ1v) is 10.3. The zero-order valence-electron chi connectivity index (χ0n) is 14.9. The summed E-state index contributed by atoms with van der Waals surface area (Å²) in [7, 11) is -2.02. The summed E-state index contributed by atoms with van der Waals surface area (Å²) in [6, 6.07) is 16.8. The fourth-order valence-electron chi connectivity index (χ4n) is 2.60. The van der Waals surface area contributed by atoms with Crippen LogP contribution < -0.4 is 0 Å². The fraction of sp³-hybridized carbons (Fsp3) is 0.286. The maximum absolute atomic E-state index is 12.7. The monoisotopic (exact) mass is 372 g/mol. The third-order valence-electron chi connectivity index (χ3n) is 4.03. The maximum Gasteiger partial charge on any atom is 0.305 e. The van der Waals surface area contributed by atoms with Crippen LogP contribution in [0.5, 0.6) is 0 Å². The molecule has 0 amide bonds. The third-order valence-corrected chi connectivity index (χ3v) is 5.90. The molecule has 0 aliphatic rings. The minimum atomic E-state index is -3.37. The van der Waals surface area contributed by atoms with Gasteiger partial charge in [-0.1, -0.05) is 67.1 Å². The van der Waals surface area contributed by atoms with Crippen LogP contribution in [0.2, 0.25) is 0 Å². The number of unbranched alkanes of at least 4 members (excludes halogenated alkanes) is 2. The van der Waals surface area contributed by atoms with Gasteiger partial charge in [0.05, 0.1) is 17.8 Å². The molecule has 5 heteroatoms. The number of ether oxygens (including phenoxy) is 1. The minimum Gasteiger partial charge on any atom is -0.469 e. The van der Waals surface area contributed by atoms with Gasteiger partial charge in [-0.15, -0.1) is 0 Å². The highest BCUT2D eigenvalue weighted by atomic mass is 32.2. The number of methoxy groups -OCH3 is 1. The topological polar surface area (TPSA) is 60.4 Å². The van der Waals surface area contributed by atoms with Crippen molar-refractivity contribution >= 4 is 28.0 Å². The second-order valence-corrected chi connectivity index (χ2v) is 8.07. The molecule has 4 nitrogen and oxygen atoms in total. The van der Waals surface area contributed by atoms with Gasteiger partial charge >= 0.3 is 5.97 Å². The van der Waals surface area contributed by atoms with Crippen molar-refractivity contribution in [2.75, 3.05) is 12.9 Å². The number of hydrogen-bond acceptors (Lipinski definition) is 4. The Morgan fingerprint density at radius 1 is 0.923 bits per heavy atom. The van der Waals surface area contributed by atoms with Gasteiger partial charge in [0, 0.05) is 6.42 Å². The van der Waals surface area contributed by atoms with Gasteiger partial charge in [0.1, 0.15) is 0 Å². The van der Waals surface area contributed by atoms with Crippen LogP contribution in [0, 0.1) is 0 Å². The first-order valence-electron chi connectivity index (χ1n) is 8.64. The van der Waals surface area contributed by atoms with E-state index in [-0.39, 0.29) is 11.7 Å². The molecule has 0 spiro atoms. The molecule has 0 fully saturated rings. The van der Waals surface area contributed by atoms with Gasteiger partial charge < -0.3 is 4.74 Å². The molecule has 2 aromatic carbocycles. The first-order chi connectivity index (χ1) is 12.5. The molecule has 0 N–H and O–H groups in total. The Hall–Kier alpha value is -2.40. The molecular weight excluding hydrogens is 348 g/mol. The summed E-state index contributed by atoms with van der Waals surface area (Å²) in [5.74, 6) is -0.186. The van der Waals surface area contributed by atoms with Gasteiger partial charge in [-0.3, -0.25) is 4.79 Å². The summed E-state index contributed by atoms with van der Waals surface area (Å²) >= 11 is 0. The molecule has 0 unspecified atom stereocenters. The second kappa shape index (κ2) is 9.92. The molecule has 0 radical (unpaired) electrons. The van der Waals surface area contributed by atoms with E-state index in [1.807, 2.05) is 54.6 Å². The van der Waals surface area contributed by atoms with Crippen LogP contribution in [-0.4, -0.2) is 27.2 Å². The van der Waals surface area contributed by atoms with Crippen molar-refractivity contribution in [3.05, 3.63) is 65.7 Å². The largest absolute Gasteiger partial charge is 0.469 e. The highest BCUT2D eigenvalue weighted by Crippen LogP contribution is 2.21. The summed E-state index contributed by atoms with van der Waals surface area (Å²) in [6.07, 6.45) is 5.90. The molecule has 138 valence electrons. The Balaban J connectivity index is 2.03. The smallest absolute Gasteiger partial charge is 0.305 e. The van der Waals surface area contributed by atoms with Crippen molar-refractivity contribution in [2.24, 2.45) is 0 Å². The van der Waals surface area contributed by atoms with Crippen LogP contribution in [0.15, 0.2) is 59.5 Å². The standard InChI is InChI=1S/C21H24O4S/c1-25-21(22)14-6-3-9-17-26(23,24)20-13-8-7-12-19(20)16-15-18-10-4-2-5-11-18/h2,4-5,7-8,10-13,15-16H,3,6,9,14,17H2,1H3/b16-15+. The number of carbonyl (C=O) groups excluding carboxylic acids is 1. The van der Waals surface area contributed by atoms with Crippen molar-refractivity contribution in [3.63, 3.8) is 0 Å². The molecular formula is C21H24O4S. The van der Waals surface area contributed by atoms with E-state index in [2.05, 4.69) is 4.74 Å². The molecule has 0 aromatic heterocycles. The molecule has 2 rings (SSSR count). The molecule has 2 aromatic rings. The Kier molecular flexibility index (Phi) is 7.60. The Morgan fingerprint density at radius 3 is 2.35 bits per heavy atom. The van der Waals surface area contributed by atoms with Crippen LogP contribution in [-0.2, 0) is 19.4 Å². The predicted molar refractivity (Wildman–Crippen MR) is 104 cm³/mol. The maximum atomic E-state index is 12.7. The van der Waals surface area contributed by atoms with Crippen molar-refractivity contribution in [1.29, 1.82) is 0 Å². The fourth-order valence-corrected chi connectivity index (χ4v) is 4.19. The lowest BCUT2D eigenvalue weighted by atomic mass is 10.1. The number of rotatable bonds is 9. The summed E-state index contributed by atoms with van der Waals surface area (Å²) in [6.45, 7) is 0. The van der Waals surface area contributed by atoms with E-state index in [0.29, 0.717) is 36.1 Å². The normalized spacial score (nSPS) is 11.6. The highest BCUT2D eigenvalue weighted by molar-refractivity contribution is 7.91. The number of sulfone groups is 1. The Labute approximate surface area is 155 Å². The zero-order chi connectivity index (χ0) is 18.8. The van der Waals surface area contributed by atoms with Gasteiger partial charge in [0.15, 0.2) is 9.84 Å². The van der Waals surface area contributed by atoms with E-state index in [0.717, 1.165) is 5.56 Å². The van der Waals surface area contributed by atoms with Crippen molar-refractivity contribution in [2.45, 2.75) is 30.6 Å². The molecule has 26 heavy (non-hydrogen) atoms. The molecule has 0 atom stereocenters.